The fraction of sp³-hybridized carbons (Fsp3) is 0.533. The molecule has 3 nitrogen and oxygen atoms in total. The summed E-state index contributed by atoms with van der Waals surface area (Å²) in [4.78, 5) is 11.5. The number of carbonyl (C=O) groups excluding carboxylic acids is 1. The number of hydrogen-bond donors (Lipinski definition) is 1. The van der Waals surface area contributed by atoms with Crippen LogP contribution in [0.4, 0.5) is 0 Å². The Balaban J connectivity index is 2.22. The van der Waals surface area contributed by atoms with Crippen molar-refractivity contribution in [2.75, 3.05) is 0 Å². The highest BCUT2D eigenvalue weighted by Gasteiger charge is 2.39. The van der Waals surface area contributed by atoms with E-state index in [1.165, 1.54) is 18.9 Å². The third-order valence-corrected chi connectivity index (χ3v) is 3.91. The van der Waals surface area contributed by atoms with Gasteiger partial charge in [-0.25, -0.2) is 5.06 Å². The van der Waals surface area contributed by atoms with E-state index >= 15 is 0 Å². The molecule has 2 rings (SSSR count). The first-order valence-electron chi connectivity index (χ1n) is 6.68. The van der Waals surface area contributed by atoms with E-state index in [2.05, 4.69) is 12.1 Å². The molecule has 0 radical (unpaired) electrons. The van der Waals surface area contributed by atoms with Gasteiger partial charge < -0.3 is 0 Å². The lowest BCUT2D eigenvalue weighted by Crippen LogP contribution is -2.52. The summed E-state index contributed by atoms with van der Waals surface area (Å²) in [6.07, 6.45) is 5.87. The van der Waals surface area contributed by atoms with Crippen LogP contribution in [-0.4, -0.2) is 21.7 Å². The van der Waals surface area contributed by atoms with Crippen molar-refractivity contribution >= 4 is 5.91 Å². The van der Waals surface area contributed by atoms with Crippen molar-refractivity contribution in [1.29, 1.82) is 0 Å². The van der Waals surface area contributed by atoms with Crippen molar-refractivity contribution in [2.24, 2.45) is 0 Å². The molecule has 0 aromatic heterocycles. The zero-order valence-corrected chi connectivity index (χ0v) is 10.9. The molecule has 3 heteroatoms. The van der Waals surface area contributed by atoms with Crippen molar-refractivity contribution in [1.82, 2.24) is 5.06 Å². The summed E-state index contributed by atoms with van der Waals surface area (Å²) in [5.41, 5.74) is 0.783. The van der Waals surface area contributed by atoms with Crippen LogP contribution in [0.25, 0.3) is 0 Å². The minimum absolute atomic E-state index is 0.257. The topological polar surface area (TPSA) is 40.5 Å². The maximum Gasteiger partial charge on any atom is 0.243 e. The first-order chi connectivity index (χ1) is 8.64. The van der Waals surface area contributed by atoms with Gasteiger partial charge in [-0.05, 0) is 24.8 Å². The third-order valence-electron chi connectivity index (χ3n) is 3.91. The van der Waals surface area contributed by atoms with Crippen LogP contribution < -0.4 is 0 Å². The van der Waals surface area contributed by atoms with E-state index in [1.807, 2.05) is 18.2 Å². The van der Waals surface area contributed by atoms with Crippen LogP contribution >= 0.6 is 0 Å². The Hall–Kier alpha value is -1.35. The maximum atomic E-state index is 11.5. The van der Waals surface area contributed by atoms with E-state index in [0.29, 0.717) is 0 Å². The molecule has 0 atom stereocenters. The molecule has 18 heavy (non-hydrogen) atoms. The van der Waals surface area contributed by atoms with Gasteiger partial charge in [-0.1, -0.05) is 49.6 Å². The highest BCUT2D eigenvalue weighted by molar-refractivity contribution is 5.72. The summed E-state index contributed by atoms with van der Waals surface area (Å²) in [7, 11) is 0. The zero-order chi connectivity index (χ0) is 13.0. The number of carbonyl (C=O) groups is 1. The summed E-state index contributed by atoms with van der Waals surface area (Å²) >= 11 is 0. The van der Waals surface area contributed by atoms with Crippen molar-refractivity contribution in [3.05, 3.63) is 35.9 Å². The van der Waals surface area contributed by atoms with Gasteiger partial charge in [0.2, 0.25) is 5.91 Å². The number of hydrogen-bond acceptors (Lipinski definition) is 2. The quantitative estimate of drug-likeness (QED) is 0.658. The van der Waals surface area contributed by atoms with Gasteiger partial charge in [-0.15, -0.1) is 0 Å². The van der Waals surface area contributed by atoms with Crippen molar-refractivity contribution < 1.29 is 10.0 Å². The van der Waals surface area contributed by atoms with Gasteiger partial charge >= 0.3 is 0 Å². The van der Waals surface area contributed by atoms with E-state index in [9.17, 15) is 10.0 Å². The first kappa shape index (κ1) is 13.1. The molecule has 0 spiro atoms. The number of rotatable bonds is 3. The van der Waals surface area contributed by atoms with Crippen LogP contribution in [0.15, 0.2) is 30.3 Å². The van der Waals surface area contributed by atoms with Gasteiger partial charge in [-0.3, -0.25) is 10.0 Å². The Morgan fingerprint density at radius 3 is 2.39 bits per heavy atom. The number of nitrogens with zero attached hydrogens (tertiary/aromatic N) is 1. The second-order valence-electron chi connectivity index (χ2n) is 5.28. The summed E-state index contributed by atoms with van der Waals surface area (Å²) in [5, 5.41) is 11.1. The van der Waals surface area contributed by atoms with Crippen LogP contribution in [0.2, 0.25) is 0 Å². The van der Waals surface area contributed by atoms with E-state index < -0.39 is 5.54 Å². The monoisotopic (exact) mass is 247 g/mol. The van der Waals surface area contributed by atoms with Crippen molar-refractivity contribution in [2.45, 2.75) is 51.0 Å². The molecule has 0 aliphatic heterocycles. The SMILES string of the molecule is CC(=O)N(O)C1(Cc2ccccc2)CCCCC1. The summed E-state index contributed by atoms with van der Waals surface area (Å²) in [5.74, 6) is -0.257. The molecule has 0 heterocycles. The molecule has 1 aromatic carbocycles. The second kappa shape index (κ2) is 5.53. The molecule has 1 fully saturated rings. The minimum Gasteiger partial charge on any atom is -0.285 e. The van der Waals surface area contributed by atoms with Gasteiger partial charge in [0.1, 0.15) is 0 Å². The first-order valence-corrected chi connectivity index (χ1v) is 6.68. The normalized spacial score (nSPS) is 18.3. The predicted molar refractivity (Wildman–Crippen MR) is 70.3 cm³/mol. The van der Waals surface area contributed by atoms with E-state index in [-0.39, 0.29) is 5.91 Å². The van der Waals surface area contributed by atoms with Crippen LogP contribution in [0.3, 0.4) is 0 Å². The summed E-state index contributed by atoms with van der Waals surface area (Å²) < 4.78 is 0. The summed E-state index contributed by atoms with van der Waals surface area (Å²) in [6, 6.07) is 10.1. The molecule has 1 aromatic rings. The van der Waals surface area contributed by atoms with Crippen LogP contribution in [0, 0.1) is 0 Å². The average molecular weight is 247 g/mol. The molecule has 1 saturated carbocycles. The molecule has 1 amide bonds. The zero-order valence-electron chi connectivity index (χ0n) is 10.9. The molecule has 1 N–H and O–H groups in total. The maximum absolute atomic E-state index is 11.5. The molecular formula is C15H21NO2. The smallest absolute Gasteiger partial charge is 0.243 e. The Morgan fingerprint density at radius 1 is 1.22 bits per heavy atom. The van der Waals surface area contributed by atoms with Gasteiger partial charge in [0.25, 0.3) is 0 Å². The largest absolute Gasteiger partial charge is 0.285 e. The fourth-order valence-corrected chi connectivity index (χ4v) is 2.98. The van der Waals surface area contributed by atoms with Gasteiger partial charge in [0.05, 0.1) is 5.54 Å². The molecule has 98 valence electrons. The molecule has 0 unspecified atom stereocenters. The van der Waals surface area contributed by atoms with Gasteiger partial charge in [0, 0.05) is 6.92 Å². The average Bonchev–Trinajstić information content (AvgIpc) is 2.40. The lowest BCUT2D eigenvalue weighted by molar-refractivity contribution is -0.198. The number of amides is 1. The van der Waals surface area contributed by atoms with Gasteiger partial charge in [0.15, 0.2) is 0 Å². The minimum atomic E-state index is -0.397. The van der Waals surface area contributed by atoms with Gasteiger partial charge in [-0.2, -0.15) is 0 Å². The third kappa shape index (κ3) is 2.72. The molecule has 1 aliphatic rings. The Bertz CT molecular complexity index is 396. The van der Waals surface area contributed by atoms with E-state index in [4.69, 9.17) is 0 Å². The Morgan fingerprint density at radius 2 is 1.83 bits per heavy atom. The lowest BCUT2D eigenvalue weighted by Gasteiger charge is -2.42. The highest BCUT2D eigenvalue weighted by atomic mass is 16.5. The van der Waals surface area contributed by atoms with Crippen molar-refractivity contribution in [3.63, 3.8) is 0 Å². The fourth-order valence-electron chi connectivity index (χ4n) is 2.98. The second-order valence-corrected chi connectivity index (χ2v) is 5.28. The van der Waals surface area contributed by atoms with Crippen LogP contribution in [0.5, 0.6) is 0 Å². The van der Waals surface area contributed by atoms with E-state index in [1.54, 1.807) is 0 Å². The van der Waals surface area contributed by atoms with E-state index in [0.717, 1.165) is 37.2 Å². The highest BCUT2D eigenvalue weighted by Crippen LogP contribution is 2.35. The Kier molecular flexibility index (Phi) is 4.02. The molecule has 0 bridgehead atoms. The number of hydroxylamine groups is 2. The number of benzene rings is 1. The molecule has 1 aliphatic carbocycles. The van der Waals surface area contributed by atoms with Crippen LogP contribution in [0.1, 0.15) is 44.6 Å². The standard InChI is InChI=1S/C15H21NO2/c1-13(17)16(18)15(10-6-3-7-11-15)12-14-8-4-2-5-9-14/h2,4-5,8-9,18H,3,6-7,10-12H2,1H3. The molecule has 0 saturated heterocycles. The van der Waals surface area contributed by atoms with Crippen LogP contribution in [-0.2, 0) is 11.2 Å². The Labute approximate surface area is 108 Å². The molecular weight excluding hydrogens is 226 g/mol. The summed E-state index contributed by atoms with van der Waals surface area (Å²) in [6.45, 7) is 1.43. The van der Waals surface area contributed by atoms with Crippen molar-refractivity contribution in [3.8, 4) is 0 Å². The predicted octanol–water partition coefficient (Wildman–Crippen LogP) is 3.17. The lowest BCUT2D eigenvalue weighted by atomic mass is 9.77.